The van der Waals surface area contributed by atoms with E-state index in [9.17, 15) is 27.6 Å². The summed E-state index contributed by atoms with van der Waals surface area (Å²) in [5.41, 5.74) is 0.857. The molecule has 0 aliphatic heterocycles. The van der Waals surface area contributed by atoms with Gasteiger partial charge in [0.15, 0.2) is 5.78 Å². The van der Waals surface area contributed by atoms with Gasteiger partial charge in [0.2, 0.25) is 11.8 Å². The smallest absolute Gasteiger partial charge is 0.416 e. The SMILES string of the molecule is CCCCc1ccccc1OCCN[C@H](C(=O)N(C)[C@H](C)C(=O)N[C@H](Cc1ccc(C(F)(F)F)cc1)C(C)=O)C1CC1. The molecule has 0 spiro atoms. The van der Waals surface area contributed by atoms with Gasteiger partial charge in [-0.2, -0.15) is 13.2 Å². The minimum Gasteiger partial charge on any atom is -0.492 e. The predicted octanol–water partition coefficient (Wildman–Crippen LogP) is 4.96. The molecule has 0 bridgehead atoms. The van der Waals surface area contributed by atoms with E-state index in [1.54, 1.807) is 14.0 Å². The second-order valence-electron chi connectivity index (χ2n) is 11.0. The molecule has 2 aromatic rings. The molecule has 2 aromatic carbocycles. The Balaban J connectivity index is 1.54. The zero-order chi connectivity index (χ0) is 30.9. The molecule has 230 valence electrons. The van der Waals surface area contributed by atoms with Gasteiger partial charge >= 0.3 is 6.18 Å². The Bertz CT molecular complexity index is 1200. The lowest BCUT2D eigenvalue weighted by Crippen LogP contribution is -2.55. The first-order valence-electron chi connectivity index (χ1n) is 14.6. The van der Waals surface area contributed by atoms with Crippen LogP contribution in [0.5, 0.6) is 5.75 Å². The van der Waals surface area contributed by atoms with Gasteiger partial charge in [0.25, 0.3) is 0 Å². The largest absolute Gasteiger partial charge is 0.492 e. The Hall–Kier alpha value is -3.40. The van der Waals surface area contributed by atoms with Gasteiger partial charge in [-0.15, -0.1) is 0 Å². The first-order valence-corrected chi connectivity index (χ1v) is 14.6. The molecule has 42 heavy (non-hydrogen) atoms. The number of alkyl halides is 3. The first-order chi connectivity index (χ1) is 19.9. The second-order valence-corrected chi connectivity index (χ2v) is 11.0. The van der Waals surface area contributed by atoms with Gasteiger partial charge in [-0.3, -0.25) is 14.4 Å². The Morgan fingerprint density at radius 1 is 1.07 bits per heavy atom. The number of likely N-dealkylation sites (N-methyl/N-ethyl adjacent to an activating group) is 1. The van der Waals surface area contributed by atoms with E-state index in [0.717, 1.165) is 55.5 Å². The summed E-state index contributed by atoms with van der Waals surface area (Å²) in [5, 5.41) is 5.99. The van der Waals surface area contributed by atoms with E-state index in [1.165, 1.54) is 24.0 Å². The van der Waals surface area contributed by atoms with Crippen molar-refractivity contribution < 1.29 is 32.3 Å². The number of rotatable bonds is 16. The fourth-order valence-electron chi connectivity index (χ4n) is 4.72. The van der Waals surface area contributed by atoms with Crippen molar-refractivity contribution in [2.24, 2.45) is 5.92 Å². The lowest BCUT2D eigenvalue weighted by Gasteiger charge is -2.30. The quantitative estimate of drug-likeness (QED) is 0.271. The Morgan fingerprint density at radius 3 is 2.33 bits per heavy atom. The van der Waals surface area contributed by atoms with Gasteiger partial charge in [-0.1, -0.05) is 43.7 Å². The Labute approximate surface area is 246 Å². The number of Topliss-reactive ketones (excluding diaryl/α,β-unsaturated/α-hetero) is 1. The van der Waals surface area contributed by atoms with Crippen LogP contribution >= 0.6 is 0 Å². The van der Waals surface area contributed by atoms with E-state index in [2.05, 4.69) is 23.6 Å². The summed E-state index contributed by atoms with van der Waals surface area (Å²) in [4.78, 5) is 40.1. The van der Waals surface area contributed by atoms with E-state index < -0.39 is 35.8 Å². The number of nitrogens with one attached hydrogen (secondary N) is 2. The molecule has 3 rings (SSSR count). The zero-order valence-electron chi connectivity index (χ0n) is 24.8. The summed E-state index contributed by atoms with van der Waals surface area (Å²) in [5.74, 6) is -0.0409. The number of aryl methyl sites for hydroxylation is 1. The Kier molecular flexibility index (Phi) is 12.0. The topological polar surface area (TPSA) is 87.7 Å². The third-order valence-electron chi connectivity index (χ3n) is 7.69. The van der Waals surface area contributed by atoms with Crippen molar-refractivity contribution in [1.29, 1.82) is 0 Å². The summed E-state index contributed by atoms with van der Waals surface area (Å²) in [7, 11) is 1.56. The van der Waals surface area contributed by atoms with Crippen LogP contribution in [0, 0.1) is 5.92 Å². The average molecular weight is 590 g/mol. The van der Waals surface area contributed by atoms with Crippen molar-refractivity contribution in [2.75, 3.05) is 20.2 Å². The number of unbranched alkanes of at least 4 members (excludes halogenated alkanes) is 1. The van der Waals surface area contributed by atoms with Crippen molar-refractivity contribution in [2.45, 2.75) is 83.6 Å². The summed E-state index contributed by atoms with van der Waals surface area (Å²) in [6.07, 6.45) is 0.534. The van der Waals surface area contributed by atoms with Crippen LogP contribution in [0.4, 0.5) is 13.2 Å². The normalized spacial score (nSPS) is 15.4. The van der Waals surface area contributed by atoms with E-state index in [-0.39, 0.29) is 24.0 Å². The molecular weight excluding hydrogens is 547 g/mol. The number of benzene rings is 2. The molecule has 0 aromatic heterocycles. The molecule has 10 heteroatoms. The maximum absolute atomic E-state index is 13.4. The molecule has 0 unspecified atom stereocenters. The fourth-order valence-corrected chi connectivity index (χ4v) is 4.72. The molecule has 7 nitrogen and oxygen atoms in total. The summed E-state index contributed by atoms with van der Waals surface area (Å²) in [6.45, 7) is 5.90. The van der Waals surface area contributed by atoms with Gasteiger partial charge in [-0.05, 0) is 81.2 Å². The summed E-state index contributed by atoms with van der Waals surface area (Å²) < 4.78 is 44.6. The highest BCUT2D eigenvalue weighted by atomic mass is 19.4. The van der Waals surface area contributed by atoms with E-state index >= 15 is 0 Å². The lowest BCUT2D eigenvalue weighted by molar-refractivity contribution is -0.141. The standard InChI is InChI=1S/C32H42F3N3O4/c1-5-6-9-24-10-7-8-11-28(24)42-19-18-36-29(25-14-15-25)31(41)38(4)21(2)30(40)37-27(22(3)39)20-23-12-16-26(17-13-23)32(33,34)35/h7-8,10-13,16-17,21,25,27,29,36H,5-6,9,14-15,18-20H2,1-4H3,(H,37,40)/t21-,27-,29+/m1/s1. The van der Waals surface area contributed by atoms with Crippen LogP contribution in [0.25, 0.3) is 0 Å². The van der Waals surface area contributed by atoms with Gasteiger partial charge < -0.3 is 20.3 Å². The first kappa shape index (κ1) is 33.1. The highest BCUT2D eigenvalue weighted by Crippen LogP contribution is 2.33. The zero-order valence-corrected chi connectivity index (χ0v) is 24.8. The number of hydrogen-bond donors (Lipinski definition) is 2. The number of ketones is 1. The molecule has 3 atom stereocenters. The number of carbonyl (C=O) groups is 3. The Morgan fingerprint density at radius 2 is 1.74 bits per heavy atom. The number of carbonyl (C=O) groups excluding carboxylic acids is 3. The number of halogens is 3. The predicted molar refractivity (Wildman–Crippen MR) is 155 cm³/mol. The number of amides is 2. The van der Waals surface area contributed by atoms with Crippen molar-refractivity contribution >= 4 is 17.6 Å². The molecule has 1 aliphatic rings. The van der Waals surface area contributed by atoms with Crippen molar-refractivity contribution in [1.82, 2.24) is 15.5 Å². The van der Waals surface area contributed by atoms with Gasteiger partial charge in [0.1, 0.15) is 18.4 Å². The molecule has 1 saturated carbocycles. The van der Waals surface area contributed by atoms with Crippen molar-refractivity contribution in [3.8, 4) is 5.75 Å². The van der Waals surface area contributed by atoms with Gasteiger partial charge in [-0.25, -0.2) is 0 Å². The van der Waals surface area contributed by atoms with Crippen LogP contribution in [0.2, 0.25) is 0 Å². The fraction of sp³-hybridized carbons (Fsp3) is 0.531. The monoisotopic (exact) mass is 589 g/mol. The third-order valence-corrected chi connectivity index (χ3v) is 7.69. The molecule has 0 saturated heterocycles. The molecule has 0 radical (unpaired) electrons. The summed E-state index contributed by atoms with van der Waals surface area (Å²) in [6, 6.07) is 10.2. The molecule has 0 heterocycles. The highest BCUT2D eigenvalue weighted by Gasteiger charge is 2.39. The maximum Gasteiger partial charge on any atom is 0.416 e. The second kappa shape index (κ2) is 15.2. The van der Waals surface area contributed by atoms with Crippen LogP contribution in [0.1, 0.15) is 63.1 Å². The minimum absolute atomic E-state index is 0.0391. The highest BCUT2D eigenvalue weighted by molar-refractivity contribution is 5.93. The molecule has 2 amide bonds. The van der Waals surface area contributed by atoms with Gasteiger partial charge in [0, 0.05) is 13.6 Å². The molecule has 2 N–H and O–H groups in total. The number of ether oxygens (including phenoxy) is 1. The molecule has 1 aliphatic carbocycles. The third kappa shape index (κ3) is 9.58. The molecular formula is C32H42F3N3O4. The van der Waals surface area contributed by atoms with Crippen LogP contribution < -0.4 is 15.4 Å². The number of hydrogen-bond acceptors (Lipinski definition) is 5. The van der Waals surface area contributed by atoms with Crippen LogP contribution in [0.3, 0.4) is 0 Å². The van der Waals surface area contributed by atoms with Crippen molar-refractivity contribution in [3.63, 3.8) is 0 Å². The average Bonchev–Trinajstić information content (AvgIpc) is 3.80. The molecule has 1 fully saturated rings. The van der Waals surface area contributed by atoms with Crippen molar-refractivity contribution in [3.05, 3.63) is 65.2 Å². The summed E-state index contributed by atoms with van der Waals surface area (Å²) >= 11 is 0. The van der Waals surface area contributed by atoms with Gasteiger partial charge in [0.05, 0.1) is 17.6 Å². The van der Waals surface area contributed by atoms with E-state index in [4.69, 9.17) is 4.74 Å². The number of para-hydroxylation sites is 1. The maximum atomic E-state index is 13.4. The van der Waals surface area contributed by atoms with E-state index in [1.807, 2.05) is 18.2 Å². The van der Waals surface area contributed by atoms with E-state index in [0.29, 0.717) is 18.7 Å². The van der Waals surface area contributed by atoms with Crippen LogP contribution in [-0.4, -0.2) is 60.8 Å². The lowest BCUT2D eigenvalue weighted by atomic mass is 10.0. The van der Waals surface area contributed by atoms with Crippen LogP contribution in [-0.2, 0) is 33.4 Å². The number of nitrogens with zero attached hydrogens (tertiary/aromatic N) is 1. The van der Waals surface area contributed by atoms with Crippen LogP contribution in [0.15, 0.2) is 48.5 Å². The minimum atomic E-state index is -4.46.